The summed E-state index contributed by atoms with van der Waals surface area (Å²) < 4.78 is 10.1. The number of carbonyl (C=O) groups excluding carboxylic acids is 1. The molecule has 2 aromatic rings. The molecule has 0 bridgehead atoms. The van der Waals surface area contributed by atoms with Crippen LogP contribution in [-0.2, 0) is 0 Å². The first kappa shape index (κ1) is 12.9. The maximum Gasteiger partial charge on any atom is 0.255 e. The Morgan fingerprint density at radius 2 is 1.79 bits per heavy atom. The van der Waals surface area contributed by atoms with Crippen LogP contribution in [0.2, 0.25) is 0 Å². The summed E-state index contributed by atoms with van der Waals surface area (Å²) in [6.07, 6.45) is 0. The zero-order chi connectivity index (χ0) is 13.7. The number of ether oxygens (including phenoxy) is 2. The van der Waals surface area contributed by atoms with Gasteiger partial charge in [-0.3, -0.25) is 4.79 Å². The Labute approximate surface area is 111 Å². The predicted octanol–water partition coefficient (Wildman–Crippen LogP) is 2.35. The van der Waals surface area contributed by atoms with E-state index in [0.29, 0.717) is 23.0 Å². The molecule has 0 fully saturated rings. The van der Waals surface area contributed by atoms with Gasteiger partial charge in [0.25, 0.3) is 5.91 Å². The van der Waals surface area contributed by atoms with Gasteiger partial charge in [0.15, 0.2) is 0 Å². The molecule has 2 rings (SSSR count). The first-order valence-electron chi connectivity index (χ1n) is 5.70. The van der Waals surface area contributed by atoms with Crippen molar-refractivity contribution in [1.82, 2.24) is 4.98 Å². The Hall–Kier alpha value is -2.56. The Morgan fingerprint density at radius 3 is 2.42 bits per heavy atom. The van der Waals surface area contributed by atoms with Gasteiger partial charge in [-0.05, 0) is 18.2 Å². The van der Waals surface area contributed by atoms with E-state index in [9.17, 15) is 4.79 Å². The van der Waals surface area contributed by atoms with E-state index < -0.39 is 0 Å². The van der Waals surface area contributed by atoms with Crippen LogP contribution in [0.3, 0.4) is 0 Å². The van der Waals surface area contributed by atoms with E-state index in [-0.39, 0.29) is 5.91 Å². The second-order valence-corrected chi connectivity index (χ2v) is 3.73. The van der Waals surface area contributed by atoms with E-state index in [1.165, 1.54) is 14.2 Å². The molecule has 0 aliphatic rings. The minimum absolute atomic E-state index is 0.217. The summed E-state index contributed by atoms with van der Waals surface area (Å²) >= 11 is 0. The highest BCUT2D eigenvalue weighted by molar-refractivity contribution is 6.04. The van der Waals surface area contributed by atoms with Gasteiger partial charge < -0.3 is 14.8 Å². The summed E-state index contributed by atoms with van der Waals surface area (Å²) in [6, 6.07) is 12.3. The number of methoxy groups -OCH3 is 2. The van der Waals surface area contributed by atoms with Crippen molar-refractivity contribution in [3.05, 3.63) is 48.0 Å². The molecule has 19 heavy (non-hydrogen) atoms. The van der Waals surface area contributed by atoms with Crippen LogP contribution in [0.5, 0.6) is 11.8 Å². The van der Waals surface area contributed by atoms with Gasteiger partial charge in [0.2, 0.25) is 11.8 Å². The second-order valence-electron chi connectivity index (χ2n) is 3.73. The molecule has 0 unspecified atom stereocenters. The van der Waals surface area contributed by atoms with Crippen LogP contribution >= 0.6 is 0 Å². The highest BCUT2D eigenvalue weighted by Gasteiger charge is 2.11. The fourth-order valence-electron chi connectivity index (χ4n) is 1.57. The fourth-order valence-corrected chi connectivity index (χ4v) is 1.57. The lowest BCUT2D eigenvalue weighted by molar-refractivity contribution is 0.102. The summed E-state index contributed by atoms with van der Waals surface area (Å²) in [4.78, 5) is 16.1. The third-order valence-electron chi connectivity index (χ3n) is 2.52. The molecule has 1 amide bonds. The Kier molecular flexibility index (Phi) is 3.97. The number of anilines is 1. The smallest absolute Gasteiger partial charge is 0.255 e. The van der Waals surface area contributed by atoms with Gasteiger partial charge in [-0.1, -0.05) is 18.2 Å². The van der Waals surface area contributed by atoms with Gasteiger partial charge in [0, 0.05) is 11.6 Å². The summed E-state index contributed by atoms with van der Waals surface area (Å²) in [5.41, 5.74) is 1.07. The minimum Gasteiger partial charge on any atom is -0.481 e. The SMILES string of the molecule is COc1ccc(NC(=O)c2ccccc2)c(OC)n1. The van der Waals surface area contributed by atoms with Crippen LogP contribution in [0.1, 0.15) is 10.4 Å². The number of amides is 1. The Morgan fingerprint density at radius 1 is 1.05 bits per heavy atom. The average molecular weight is 258 g/mol. The molecule has 1 aromatic heterocycles. The molecular weight excluding hydrogens is 244 g/mol. The number of nitrogens with zero attached hydrogens (tertiary/aromatic N) is 1. The fraction of sp³-hybridized carbons (Fsp3) is 0.143. The molecule has 1 N–H and O–H groups in total. The topological polar surface area (TPSA) is 60.5 Å². The molecule has 0 saturated carbocycles. The van der Waals surface area contributed by atoms with Crippen LogP contribution < -0.4 is 14.8 Å². The van der Waals surface area contributed by atoms with Crippen molar-refractivity contribution in [3.63, 3.8) is 0 Å². The molecule has 1 heterocycles. The molecule has 0 aliphatic carbocycles. The molecule has 0 atom stereocenters. The van der Waals surface area contributed by atoms with Gasteiger partial charge in [-0.25, -0.2) is 0 Å². The van der Waals surface area contributed by atoms with Crippen LogP contribution in [0.15, 0.2) is 42.5 Å². The van der Waals surface area contributed by atoms with Crippen molar-refractivity contribution in [2.45, 2.75) is 0 Å². The van der Waals surface area contributed by atoms with Crippen LogP contribution in [-0.4, -0.2) is 25.1 Å². The van der Waals surface area contributed by atoms with E-state index >= 15 is 0 Å². The number of hydrogen-bond donors (Lipinski definition) is 1. The molecule has 5 heteroatoms. The van der Waals surface area contributed by atoms with Gasteiger partial charge in [-0.2, -0.15) is 4.98 Å². The molecule has 5 nitrogen and oxygen atoms in total. The molecular formula is C14H14N2O3. The number of nitrogens with one attached hydrogen (secondary N) is 1. The van der Waals surface area contributed by atoms with Gasteiger partial charge in [0.1, 0.15) is 5.69 Å². The molecule has 0 spiro atoms. The molecule has 0 radical (unpaired) electrons. The highest BCUT2D eigenvalue weighted by atomic mass is 16.5. The van der Waals surface area contributed by atoms with E-state index in [1.807, 2.05) is 6.07 Å². The van der Waals surface area contributed by atoms with Gasteiger partial charge in [0.05, 0.1) is 14.2 Å². The maximum atomic E-state index is 12.0. The van der Waals surface area contributed by atoms with E-state index in [1.54, 1.807) is 36.4 Å². The number of carbonyl (C=O) groups is 1. The molecule has 0 aliphatic heterocycles. The lowest BCUT2D eigenvalue weighted by Gasteiger charge is -2.10. The Balaban J connectivity index is 2.21. The van der Waals surface area contributed by atoms with Gasteiger partial charge in [-0.15, -0.1) is 0 Å². The zero-order valence-corrected chi connectivity index (χ0v) is 10.7. The van der Waals surface area contributed by atoms with Crippen LogP contribution in [0.4, 0.5) is 5.69 Å². The monoisotopic (exact) mass is 258 g/mol. The maximum absolute atomic E-state index is 12.0. The van der Waals surface area contributed by atoms with E-state index in [0.717, 1.165) is 0 Å². The number of pyridine rings is 1. The third kappa shape index (κ3) is 3.01. The van der Waals surface area contributed by atoms with Crippen molar-refractivity contribution in [3.8, 4) is 11.8 Å². The van der Waals surface area contributed by atoms with Crippen molar-refractivity contribution in [2.75, 3.05) is 19.5 Å². The third-order valence-corrected chi connectivity index (χ3v) is 2.52. The first-order valence-corrected chi connectivity index (χ1v) is 5.70. The summed E-state index contributed by atoms with van der Waals surface area (Å²) in [6.45, 7) is 0. The lowest BCUT2D eigenvalue weighted by Crippen LogP contribution is -2.13. The highest BCUT2D eigenvalue weighted by Crippen LogP contribution is 2.25. The van der Waals surface area contributed by atoms with Gasteiger partial charge >= 0.3 is 0 Å². The first-order chi connectivity index (χ1) is 9.24. The summed E-state index contributed by atoms with van der Waals surface area (Å²) in [5, 5.41) is 2.75. The normalized spacial score (nSPS) is 9.79. The van der Waals surface area contributed by atoms with Crippen LogP contribution in [0.25, 0.3) is 0 Å². The van der Waals surface area contributed by atoms with Crippen molar-refractivity contribution >= 4 is 11.6 Å². The molecule has 0 saturated heterocycles. The number of hydrogen-bond acceptors (Lipinski definition) is 4. The van der Waals surface area contributed by atoms with Crippen LogP contribution in [0, 0.1) is 0 Å². The standard InChI is InChI=1S/C14H14N2O3/c1-18-12-9-8-11(14(16-12)19-2)15-13(17)10-6-4-3-5-7-10/h3-9H,1-2H3,(H,15,17). The van der Waals surface area contributed by atoms with E-state index in [2.05, 4.69) is 10.3 Å². The Bertz CT molecular complexity index is 570. The van der Waals surface area contributed by atoms with Crippen molar-refractivity contribution in [1.29, 1.82) is 0 Å². The minimum atomic E-state index is -0.217. The predicted molar refractivity (Wildman–Crippen MR) is 71.7 cm³/mol. The quantitative estimate of drug-likeness (QED) is 0.914. The zero-order valence-electron chi connectivity index (χ0n) is 10.7. The lowest BCUT2D eigenvalue weighted by atomic mass is 10.2. The van der Waals surface area contributed by atoms with E-state index in [4.69, 9.17) is 9.47 Å². The largest absolute Gasteiger partial charge is 0.481 e. The summed E-state index contributed by atoms with van der Waals surface area (Å²) in [7, 11) is 3.00. The summed E-state index contributed by atoms with van der Waals surface area (Å²) in [5.74, 6) is 0.518. The van der Waals surface area contributed by atoms with Crippen molar-refractivity contribution in [2.24, 2.45) is 0 Å². The second kappa shape index (κ2) is 5.86. The average Bonchev–Trinajstić information content (AvgIpc) is 2.48. The molecule has 1 aromatic carbocycles. The number of aromatic nitrogens is 1. The molecule has 98 valence electrons. The number of rotatable bonds is 4. The number of benzene rings is 1. The van der Waals surface area contributed by atoms with Crippen molar-refractivity contribution < 1.29 is 14.3 Å².